The van der Waals surface area contributed by atoms with Gasteiger partial charge in [0.25, 0.3) is 0 Å². The Morgan fingerprint density at radius 2 is 1.89 bits per heavy atom. The summed E-state index contributed by atoms with van der Waals surface area (Å²) in [5, 5.41) is 23.9. The summed E-state index contributed by atoms with van der Waals surface area (Å²) in [6.07, 6.45) is 6.86. The normalized spacial score (nSPS) is 21.1. The zero-order valence-corrected chi connectivity index (χ0v) is 14.5. The van der Waals surface area contributed by atoms with Crippen molar-refractivity contribution in [2.45, 2.75) is 11.4 Å². The number of carboxylic acids is 3. The lowest BCUT2D eigenvalue weighted by Crippen LogP contribution is -2.68. The number of aromatic nitrogens is 1. The van der Waals surface area contributed by atoms with Crippen LogP contribution in [0.5, 0.6) is 0 Å². The van der Waals surface area contributed by atoms with Gasteiger partial charge in [-0.25, -0.2) is 14.4 Å². The standard InChI is InChI=1S/C14H13N3O3S.C2H2O4/c15-10-12(18)17-11(14(19)20)9(7-21-13(10)17)4-3-8-2-1-5-16-6-8;3-1(4)2(5)6/h1-6,10,13H,7,15H2,(H,19,20);(H,3,4)(H,5,6)/b4-3-;/t10-,13-;/m1./s1. The average Bonchev–Trinajstić information content (AvgIpc) is 2.66. The molecule has 0 radical (unpaired) electrons. The smallest absolute Gasteiger partial charge is 0.414 e. The van der Waals surface area contributed by atoms with E-state index in [0.717, 1.165) is 5.56 Å². The van der Waals surface area contributed by atoms with Crippen molar-refractivity contribution in [1.29, 1.82) is 0 Å². The van der Waals surface area contributed by atoms with Crippen LogP contribution in [-0.4, -0.2) is 66.2 Å². The fourth-order valence-corrected chi connectivity index (χ4v) is 3.60. The van der Waals surface area contributed by atoms with Crippen LogP contribution in [0.1, 0.15) is 5.56 Å². The summed E-state index contributed by atoms with van der Waals surface area (Å²) in [6, 6.07) is 3.07. The van der Waals surface area contributed by atoms with Crippen LogP contribution in [0.25, 0.3) is 6.08 Å². The molecule has 10 nitrogen and oxygen atoms in total. The van der Waals surface area contributed by atoms with E-state index in [1.165, 1.54) is 16.7 Å². The van der Waals surface area contributed by atoms with Crippen molar-refractivity contribution in [2.75, 3.05) is 5.75 Å². The van der Waals surface area contributed by atoms with E-state index in [4.69, 9.17) is 25.5 Å². The van der Waals surface area contributed by atoms with E-state index in [-0.39, 0.29) is 17.0 Å². The lowest BCUT2D eigenvalue weighted by Gasteiger charge is -2.47. The van der Waals surface area contributed by atoms with Crippen molar-refractivity contribution in [2.24, 2.45) is 5.73 Å². The van der Waals surface area contributed by atoms with Gasteiger partial charge in [-0.1, -0.05) is 18.2 Å². The molecule has 3 heterocycles. The van der Waals surface area contributed by atoms with Gasteiger partial charge in [0.15, 0.2) is 0 Å². The lowest BCUT2D eigenvalue weighted by atomic mass is 10.0. The topological polar surface area (TPSA) is 171 Å². The summed E-state index contributed by atoms with van der Waals surface area (Å²) < 4.78 is 0. The number of thioether (sulfide) groups is 1. The quantitative estimate of drug-likeness (QED) is 0.399. The second kappa shape index (κ2) is 8.47. The number of carbonyl (C=O) groups excluding carboxylic acids is 1. The summed E-state index contributed by atoms with van der Waals surface area (Å²) >= 11 is 1.48. The lowest BCUT2D eigenvalue weighted by molar-refractivity contribution is -0.159. The monoisotopic (exact) mass is 393 g/mol. The first-order chi connectivity index (χ1) is 12.7. The maximum atomic E-state index is 11.8. The van der Waals surface area contributed by atoms with E-state index in [1.54, 1.807) is 30.6 Å². The van der Waals surface area contributed by atoms with Crippen LogP contribution in [0.15, 0.2) is 41.9 Å². The first-order valence-electron chi connectivity index (χ1n) is 7.45. The number of pyridine rings is 1. The first-order valence-corrected chi connectivity index (χ1v) is 8.50. The summed E-state index contributed by atoms with van der Waals surface area (Å²) in [7, 11) is 0. The number of amides is 1. The number of fused-ring (bicyclic) bond motifs is 1. The number of hydrogen-bond acceptors (Lipinski definition) is 7. The molecule has 3 rings (SSSR count). The Morgan fingerprint density at radius 1 is 1.22 bits per heavy atom. The van der Waals surface area contributed by atoms with E-state index in [1.807, 2.05) is 6.07 Å². The molecular weight excluding hydrogens is 378 g/mol. The van der Waals surface area contributed by atoms with Gasteiger partial charge in [0.2, 0.25) is 5.91 Å². The second-order valence-corrected chi connectivity index (χ2v) is 6.45. The molecule has 27 heavy (non-hydrogen) atoms. The maximum absolute atomic E-state index is 11.8. The molecule has 2 atom stereocenters. The van der Waals surface area contributed by atoms with Gasteiger partial charge in [-0.05, 0) is 17.2 Å². The Balaban J connectivity index is 0.000000380. The highest BCUT2D eigenvalue weighted by atomic mass is 32.2. The number of allylic oxidation sites excluding steroid dienone is 1. The highest BCUT2D eigenvalue weighted by Gasteiger charge is 2.51. The molecule has 0 spiro atoms. The molecule has 0 unspecified atom stereocenters. The van der Waals surface area contributed by atoms with E-state index < -0.39 is 23.9 Å². The van der Waals surface area contributed by atoms with Crippen LogP contribution in [0.3, 0.4) is 0 Å². The molecule has 1 amide bonds. The molecule has 2 aliphatic rings. The van der Waals surface area contributed by atoms with Crippen LogP contribution in [0.4, 0.5) is 0 Å². The zero-order chi connectivity index (χ0) is 20.1. The van der Waals surface area contributed by atoms with Gasteiger partial charge in [-0.2, -0.15) is 0 Å². The fraction of sp³-hybridized carbons (Fsp3) is 0.188. The van der Waals surface area contributed by atoms with E-state index >= 15 is 0 Å². The highest BCUT2D eigenvalue weighted by molar-refractivity contribution is 8.00. The van der Waals surface area contributed by atoms with Crippen molar-refractivity contribution < 1.29 is 34.5 Å². The van der Waals surface area contributed by atoms with Crippen molar-refractivity contribution in [3.63, 3.8) is 0 Å². The third-order valence-corrected chi connectivity index (χ3v) is 4.91. The van der Waals surface area contributed by atoms with Gasteiger partial charge in [-0.15, -0.1) is 11.8 Å². The van der Waals surface area contributed by atoms with Crippen molar-refractivity contribution in [1.82, 2.24) is 9.88 Å². The van der Waals surface area contributed by atoms with Crippen LogP contribution < -0.4 is 5.73 Å². The van der Waals surface area contributed by atoms with E-state index in [9.17, 15) is 14.7 Å². The minimum Gasteiger partial charge on any atom is -0.477 e. The Hall–Kier alpha value is -3.18. The number of nitrogens with two attached hydrogens (primary N) is 1. The van der Waals surface area contributed by atoms with E-state index in [2.05, 4.69) is 4.98 Å². The number of rotatable bonds is 3. The van der Waals surface area contributed by atoms with Gasteiger partial charge in [0.05, 0.1) is 0 Å². The molecule has 0 saturated carbocycles. The third-order valence-electron chi connectivity index (χ3n) is 3.59. The van der Waals surface area contributed by atoms with Crippen LogP contribution in [0, 0.1) is 0 Å². The van der Waals surface area contributed by atoms with Gasteiger partial charge >= 0.3 is 17.9 Å². The number of nitrogens with zero attached hydrogens (tertiary/aromatic N) is 2. The van der Waals surface area contributed by atoms with Crippen LogP contribution in [0.2, 0.25) is 0 Å². The maximum Gasteiger partial charge on any atom is 0.414 e. The number of hydrogen-bond donors (Lipinski definition) is 4. The minimum absolute atomic E-state index is 0.0330. The Labute approximate surface area is 157 Å². The largest absolute Gasteiger partial charge is 0.477 e. The molecule has 1 fully saturated rings. The van der Waals surface area contributed by atoms with Crippen molar-refractivity contribution >= 4 is 41.7 Å². The first kappa shape index (κ1) is 20.1. The van der Waals surface area contributed by atoms with Gasteiger partial charge in [0, 0.05) is 18.1 Å². The van der Waals surface area contributed by atoms with Crippen molar-refractivity contribution in [3.8, 4) is 0 Å². The molecule has 1 aromatic heterocycles. The SMILES string of the molecule is N[C@@H]1C(=O)N2C(C(=O)O)=C(/C=C\c3cccnc3)CS[C@H]12.O=C(O)C(=O)O. The molecule has 0 aromatic carbocycles. The van der Waals surface area contributed by atoms with Crippen LogP contribution in [-0.2, 0) is 19.2 Å². The molecular formula is C16H15N3O7S. The average molecular weight is 393 g/mol. The molecule has 0 aliphatic carbocycles. The number of β-lactam (4-membered cyclic amide) rings is 1. The van der Waals surface area contributed by atoms with Gasteiger partial charge < -0.3 is 21.1 Å². The summed E-state index contributed by atoms with van der Waals surface area (Å²) in [4.78, 5) is 46.7. The summed E-state index contributed by atoms with van der Waals surface area (Å²) in [6.45, 7) is 0. The number of carbonyl (C=O) groups is 4. The highest BCUT2D eigenvalue weighted by Crippen LogP contribution is 2.39. The van der Waals surface area contributed by atoms with Gasteiger partial charge in [0.1, 0.15) is 17.1 Å². The fourth-order valence-electron chi connectivity index (χ4n) is 2.34. The molecule has 1 aromatic rings. The van der Waals surface area contributed by atoms with Gasteiger partial charge in [-0.3, -0.25) is 14.7 Å². The Kier molecular flexibility index (Phi) is 6.32. The molecule has 5 N–H and O–H groups in total. The number of carboxylic acid groups (broad SMARTS) is 3. The predicted molar refractivity (Wildman–Crippen MR) is 94.3 cm³/mol. The Morgan fingerprint density at radius 3 is 2.41 bits per heavy atom. The molecule has 1 saturated heterocycles. The van der Waals surface area contributed by atoms with Crippen LogP contribution >= 0.6 is 11.8 Å². The number of aliphatic carboxylic acids is 3. The molecule has 0 bridgehead atoms. The van der Waals surface area contributed by atoms with E-state index in [0.29, 0.717) is 11.3 Å². The molecule has 2 aliphatic heterocycles. The predicted octanol–water partition coefficient (Wildman–Crippen LogP) is -0.169. The minimum atomic E-state index is -1.82. The molecule has 142 valence electrons. The summed E-state index contributed by atoms with van der Waals surface area (Å²) in [5.74, 6) is -4.58. The van der Waals surface area contributed by atoms with Crippen molar-refractivity contribution in [3.05, 3.63) is 47.4 Å². The third kappa shape index (κ3) is 4.51. The molecule has 11 heteroatoms. The Bertz CT molecular complexity index is 826. The summed E-state index contributed by atoms with van der Waals surface area (Å²) in [5.41, 5.74) is 7.20. The second-order valence-electron chi connectivity index (χ2n) is 5.34. The zero-order valence-electron chi connectivity index (χ0n) is 13.7.